The lowest BCUT2D eigenvalue weighted by atomic mass is 9.84. The summed E-state index contributed by atoms with van der Waals surface area (Å²) in [5.41, 5.74) is 6.44. The van der Waals surface area contributed by atoms with Crippen molar-refractivity contribution in [2.24, 2.45) is 5.73 Å². The van der Waals surface area contributed by atoms with Crippen LogP contribution in [-0.2, 0) is 0 Å². The van der Waals surface area contributed by atoms with Crippen LogP contribution in [0.5, 0.6) is 0 Å². The van der Waals surface area contributed by atoms with E-state index in [0.29, 0.717) is 6.04 Å². The molecule has 0 aromatic rings. The maximum atomic E-state index is 6.19. The topological polar surface area (TPSA) is 35.7 Å². The van der Waals surface area contributed by atoms with E-state index in [1.165, 1.54) is 58.4 Å². The molecule has 2 fully saturated rings. The Morgan fingerprint density at radius 1 is 1.26 bits per heavy atom. The Morgan fingerprint density at radius 2 is 1.95 bits per heavy atom. The Balaban J connectivity index is 2.00. The Labute approximate surface area is 118 Å². The van der Waals surface area contributed by atoms with Crippen LogP contribution in [0.15, 0.2) is 0 Å². The predicted molar refractivity (Wildman–Crippen MR) is 81.4 cm³/mol. The van der Waals surface area contributed by atoms with Gasteiger partial charge in [-0.1, -0.05) is 6.92 Å². The van der Waals surface area contributed by atoms with E-state index in [1.54, 1.807) is 0 Å². The van der Waals surface area contributed by atoms with Gasteiger partial charge in [0.15, 0.2) is 0 Å². The second-order valence-electron chi connectivity index (χ2n) is 6.53. The first kappa shape index (κ1) is 15.2. The summed E-state index contributed by atoms with van der Waals surface area (Å²) < 4.78 is 0. The van der Waals surface area contributed by atoms with E-state index in [9.17, 15) is 0 Å². The van der Waals surface area contributed by atoms with Crippen molar-refractivity contribution < 1.29 is 0 Å². The molecule has 4 nitrogen and oxygen atoms in total. The molecule has 19 heavy (non-hydrogen) atoms. The average Bonchev–Trinajstić information content (AvgIpc) is 2.46. The zero-order valence-corrected chi connectivity index (χ0v) is 13.1. The van der Waals surface area contributed by atoms with Gasteiger partial charge in [0.05, 0.1) is 0 Å². The van der Waals surface area contributed by atoms with Gasteiger partial charge in [-0.3, -0.25) is 4.90 Å². The molecule has 2 rings (SSSR count). The van der Waals surface area contributed by atoms with Crippen LogP contribution < -0.4 is 5.73 Å². The molecule has 0 aromatic carbocycles. The quantitative estimate of drug-likeness (QED) is 0.819. The average molecular weight is 268 g/mol. The monoisotopic (exact) mass is 268 g/mol. The molecule has 0 radical (unpaired) electrons. The third-order valence-electron chi connectivity index (χ3n) is 5.51. The van der Waals surface area contributed by atoms with E-state index in [1.807, 2.05) is 0 Å². The highest BCUT2D eigenvalue weighted by atomic mass is 15.3. The first-order chi connectivity index (χ1) is 9.11. The number of nitrogens with two attached hydrogens (primary N) is 1. The molecule has 112 valence electrons. The zero-order valence-electron chi connectivity index (χ0n) is 13.1. The third kappa shape index (κ3) is 3.30. The lowest BCUT2D eigenvalue weighted by Gasteiger charge is -2.51. The number of rotatable bonds is 4. The SMILES string of the molecule is CCN1CCC(CN)(N(C)C2CCCN(C)C2)CC1. The van der Waals surface area contributed by atoms with E-state index in [2.05, 4.69) is 35.7 Å². The summed E-state index contributed by atoms with van der Waals surface area (Å²) in [6, 6.07) is 0.690. The Morgan fingerprint density at radius 3 is 2.47 bits per heavy atom. The molecular formula is C15H32N4. The first-order valence-corrected chi connectivity index (χ1v) is 7.95. The fourth-order valence-electron chi connectivity index (χ4n) is 3.83. The maximum Gasteiger partial charge on any atom is 0.0356 e. The van der Waals surface area contributed by atoms with Gasteiger partial charge in [0.25, 0.3) is 0 Å². The summed E-state index contributed by atoms with van der Waals surface area (Å²) in [6.45, 7) is 9.12. The molecule has 0 amide bonds. The standard InChI is InChI=1S/C15H32N4/c1-4-19-10-7-15(13-16,8-11-19)18(3)14-6-5-9-17(2)12-14/h14H,4-13,16H2,1-3H3. The molecule has 0 aliphatic carbocycles. The van der Waals surface area contributed by atoms with Crippen LogP contribution in [-0.4, -0.2) is 79.6 Å². The van der Waals surface area contributed by atoms with Crippen LogP contribution >= 0.6 is 0 Å². The summed E-state index contributed by atoms with van der Waals surface area (Å²) in [5.74, 6) is 0. The minimum atomic E-state index is 0.245. The van der Waals surface area contributed by atoms with Crippen LogP contribution in [0.25, 0.3) is 0 Å². The van der Waals surface area contributed by atoms with Gasteiger partial charge in [-0.15, -0.1) is 0 Å². The fraction of sp³-hybridized carbons (Fsp3) is 1.00. The number of likely N-dealkylation sites (N-methyl/N-ethyl adjacent to an activating group) is 2. The zero-order chi connectivity index (χ0) is 13.9. The summed E-state index contributed by atoms with van der Waals surface area (Å²) in [7, 11) is 4.56. The summed E-state index contributed by atoms with van der Waals surface area (Å²) in [4.78, 5) is 7.65. The second kappa shape index (κ2) is 6.53. The third-order valence-corrected chi connectivity index (χ3v) is 5.51. The van der Waals surface area contributed by atoms with Crippen LogP contribution in [0.3, 0.4) is 0 Å². The van der Waals surface area contributed by atoms with Crippen LogP contribution in [0.2, 0.25) is 0 Å². The molecule has 0 spiro atoms. The molecule has 1 atom stereocenters. The molecular weight excluding hydrogens is 236 g/mol. The van der Waals surface area contributed by atoms with Crippen molar-refractivity contribution in [1.82, 2.24) is 14.7 Å². The normalized spacial score (nSPS) is 29.8. The first-order valence-electron chi connectivity index (χ1n) is 7.95. The van der Waals surface area contributed by atoms with Crippen molar-refractivity contribution in [1.29, 1.82) is 0 Å². The van der Waals surface area contributed by atoms with E-state index >= 15 is 0 Å². The van der Waals surface area contributed by atoms with Gasteiger partial charge in [0, 0.05) is 24.7 Å². The highest BCUT2D eigenvalue weighted by Gasteiger charge is 2.40. The Bertz CT molecular complexity index is 273. The lowest BCUT2D eigenvalue weighted by Crippen LogP contribution is -2.62. The van der Waals surface area contributed by atoms with Crippen LogP contribution in [0.4, 0.5) is 0 Å². The van der Waals surface area contributed by atoms with Crippen LogP contribution in [0, 0.1) is 0 Å². The molecule has 0 bridgehead atoms. The van der Waals surface area contributed by atoms with Gasteiger partial charge in [0.1, 0.15) is 0 Å². The largest absolute Gasteiger partial charge is 0.329 e. The minimum absolute atomic E-state index is 0.245. The van der Waals surface area contributed by atoms with Gasteiger partial charge in [-0.2, -0.15) is 0 Å². The smallest absolute Gasteiger partial charge is 0.0356 e. The van der Waals surface area contributed by atoms with Crippen molar-refractivity contribution in [3.05, 3.63) is 0 Å². The highest BCUT2D eigenvalue weighted by molar-refractivity contribution is 4.98. The number of likely N-dealkylation sites (tertiary alicyclic amines) is 2. The molecule has 4 heteroatoms. The van der Waals surface area contributed by atoms with Crippen molar-refractivity contribution in [3.63, 3.8) is 0 Å². The molecule has 1 unspecified atom stereocenters. The molecule has 2 saturated heterocycles. The minimum Gasteiger partial charge on any atom is -0.329 e. The van der Waals surface area contributed by atoms with E-state index < -0.39 is 0 Å². The number of nitrogens with zero attached hydrogens (tertiary/aromatic N) is 3. The molecule has 2 aliphatic rings. The van der Waals surface area contributed by atoms with E-state index in [4.69, 9.17) is 5.73 Å². The van der Waals surface area contributed by atoms with Crippen molar-refractivity contribution >= 4 is 0 Å². The number of hydrogen-bond acceptors (Lipinski definition) is 4. The van der Waals surface area contributed by atoms with E-state index in [-0.39, 0.29) is 5.54 Å². The maximum absolute atomic E-state index is 6.19. The van der Waals surface area contributed by atoms with E-state index in [0.717, 1.165) is 6.54 Å². The van der Waals surface area contributed by atoms with Gasteiger partial charge >= 0.3 is 0 Å². The Kier molecular flexibility index (Phi) is 5.23. The highest BCUT2D eigenvalue weighted by Crippen LogP contribution is 2.30. The summed E-state index contributed by atoms with van der Waals surface area (Å²) in [5, 5.41) is 0. The molecule has 2 N–H and O–H groups in total. The molecule has 2 aliphatic heterocycles. The lowest BCUT2D eigenvalue weighted by molar-refractivity contribution is -0.00341. The van der Waals surface area contributed by atoms with Gasteiger partial charge in [0.2, 0.25) is 0 Å². The number of piperidine rings is 2. The van der Waals surface area contributed by atoms with Gasteiger partial charge in [-0.05, 0) is 66.0 Å². The van der Waals surface area contributed by atoms with Gasteiger partial charge < -0.3 is 15.5 Å². The fourth-order valence-corrected chi connectivity index (χ4v) is 3.83. The van der Waals surface area contributed by atoms with Crippen molar-refractivity contribution in [2.75, 3.05) is 53.4 Å². The molecule has 2 heterocycles. The van der Waals surface area contributed by atoms with Crippen LogP contribution in [0.1, 0.15) is 32.6 Å². The molecule has 0 saturated carbocycles. The summed E-state index contributed by atoms with van der Waals surface area (Å²) in [6.07, 6.45) is 5.12. The number of hydrogen-bond donors (Lipinski definition) is 1. The van der Waals surface area contributed by atoms with Crippen molar-refractivity contribution in [3.8, 4) is 0 Å². The molecule has 0 aromatic heterocycles. The second-order valence-corrected chi connectivity index (χ2v) is 6.53. The van der Waals surface area contributed by atoms with Gasteiger partial charge in [-0.25, -0.2) is 0 Å². The summed E-state index contributed by atoms with van der Waals surface area (Å²) >= 11 is 0. The Hall–Kier alpha value is -0.160. The predicted octanol–water partition coefficient (Wildman–Crippen LogP) is 0.826. The van der Waals surface area contributed by atoms with Crippen molar-refractivity contribution in [2.45, 2.75) is 44.2 Å².